The number of unbranched alkanes of at least 4 members (excludes halogenated alkanes) is 1. The lowest BCUT2D eigenvalue weighted by Gasteiger charge is -2.52. The summed E-state index contributed by atoms with van der Waals surface area (Å²) in [5.41, 5.74) is 1.05. The number of likely N-dealkylation sites (N-methyl/N-ethyl adjacent to an activating group) is 1. The van der Waals surface area contributed by atoms with Crippen molar-refractivity contribution in [3.8, 4) is 11.5 Å². The second-order valence-corrected chi connectivity index (χ2v) is 13.7. The summed E-state index contributed by atoms with van der Waals surface area (Å²) >= 11 is 0. The van der Waals surface area contributed by atoms with Crippen molar-refractivity contribution in [2.45, 2.75) is 89.3 Å². The minimum absolute atomic E-state index is 0.0585. The summed E-state index contributed by atoms with van der Waals surface area (Å²) < 4.78 is 6.03. The summed E-state index contributed by atoms with van der Waals surface area (Å²) in [4.78, 5) is 46.3. The zero-order valence-corrected chi connectivity index (χ0v) is 28.1. The molecule has 2 heterocycles. The normalized spacial score (nSPS) is 20.6. The Labute approximate surface area is 275 Å². The first kappa shape index (κ1) is 33.9. The summed E-state index contributed by atoms with van der Waals surface area (Å²) in [6, 6.07) is 14.9. The van der Waals surface area contributed by atoms with E-state index in [4.69, 9.17) is 4.74 Å². The third kappa shape index (κ3) is 8.48. The van der Waals surface area contributed by atoms with Crippen LogP contribution in [-0.4, -0.2) is 90.8 Å². The van der Waals surface area contributed by atoms with Crippen LogP contribution in [-0.2, 0) is 16.1 Å². The molecule has 1 atom stereocenters. The van der Waals surface area contributed by atoms with Gasteiger partial charge in [0.25, 0.3) is 5.91 Å². The molecule has 9 nitrogen and oxygen atoms in total. The zero-order valence-electron chi connectivity index (χ0n) is 28.1. The lowest BCUT2D eigenvalue weighted by Crippen LogP contribution is -2.73. The zero-order chi connectivity index (χ0) is 32.5. The van der Waals surface area contributed by atoms with Gasteiger partial charge < -0.3 is 25.2 Å². The fraction of sp³-hybridized carbons (Fsp3) is 0.595. The van der Waals surface area contributed by atoms with Crippen molar-refractivity contribution >= 4 is 17.7 Å². The topological polar surface area (TPSA) is 94.2 Å². The highest BCUT2D eigenvalue weighted by Gasteiger charge is 2.53. The molecule has 250 valence electrons. The van der Waals surface area contributed by atoms with Crippen LogP contribution in [0.2, 0.25) is 0 Å². The quantitative estimate of drug-likeness (QED) is 0.316. The predicted molar refractivity (Wildman–Crippen MR) is 181 cm³/mol. The van der Waals surface area contributed by atoms with Gasteiger partial charge in [0.1, 0.15) is 23.1 Å². The molecule has 0 bridgehead atoms. The lowest BCUT2D eigenvalue weighted by atomic mass is 9.79. The van der Waals surface area contributed by atoms with Gasteiger partial charge in [-0.25, -0.2) is 0 Å². The fourth-order valence-corrected chi connectivity index (χ4v) is 7.24. The Morgan fingerprint density at radius 1 is 0.978 bits per heavy atom. The SMILES string of the molecule is CCCCN1C(=O)[C@H](CC2CCCCC2)NC(=O)C12CCN(Cc1ccc(Oc3ccc(C(=O)NCCN(C)C)cc3)cc1)CC2. The van der Waals surface area contributed by atoms with Crippen LogP contribution in [0.1, 0.15) is 87.1 Å². The summed E-state index contributed by atoms with van der Waals surface area (Å²) in [5.74, 6) is 2.05. The third-order valence-corrected chi connectivity index (χ3v) is 10.0. The van der Waals surface area contributed by atoms with E-state index in [9.17, 15) is 14.4 Å². The number of nitrogens with zero attached hydrogens (tertiary/aromatic N) is 3. The van der Waals surface area contributed by atoms with E-state index in [0.29, 0.717) is 43.2 Å². The molecule has 1 aliphatic carbocycles. The molecule has 0 radical (unpaired) electrons. The lowest BCUT2D eigenvalue weighted by molar-refractivity contribution is -0.162. The number of piperidine rings is 1. The maximum Gasteiger partial charge on any atom is 0.251 e. The largest absolute Gasteiger partial charge is 0.457 e. The first-order valence-corrected chi connectivity index (χ1v) is 17.4. The van der Waals surface area contributed by atoms with Crippen LogP contribution in [0.3, 0.4) is 0 Å². The van der Waals surface area contributed by atoms with Crippen LogP contribution in [0.4, 0.5) is 0 Å². The Hall–Kier alpha value is -3.43. The summed E-state index contributed by atoms with van der Waals surface area (Å²) in [6.45, 7) is 6.51. The van der Waals surface area contributed by atoms with Crippen LogP contribution in [0.15, 0.2) is 48.5 Å². The fourth-order valence-electron chi connectivity index (χ4n) is 7.24. The van der Waals surface area contributed by atoms with Crippen molar-refractivity contribution in [2.24, 2.45) is 5.92 Å². The Morgan fingerprint density at radius 3 is 2.26 bits per heavy atom. The molecule has 1 saturated carbocycles. The molecule has 9 heteroatoms. The molecule has 2 aromatic carbocycles. The highest BCUT2D eigenvalue weighted by atomic mass is 16.5. The molecule has 46 heavy (non-hydrogen) atoms. The van der Waals surface area contributed by atoms with E-state index < -0.39 is 5.54 Å². The molecule has 2 aromatic rings. The monoisotopic (exact) mass is 631 g/mol. The van der Waals surface area contributed by atoms with Gasteiger partial charge in [0.05, 0.1) is 0 Å². The Morgan fingerprint density at radius 2 is 1.63 bits per heavy atom. The number of hydrogen-bond acceptors (Lipinski definition) is 6. The van der Waals surface area contributed by atoms with Crippen molar-refractivity contribution in [3.63, 3.8) is 0 Å². The second kappa shape index (κ2) is 15.9. The van der Waals surface area contributed by atoms with Gasteiger partial charge in [0, 0.05) is 44.8 Å². The highest BCUT2D eigenvalue weighted by Crippen LogP contribution is 2.36. The Kier molecular flexibility index (Phi) is 11.7. The standard InChI is InChI=1S/C37H53N5O4/c1-4-5-22-42-35(44)33(26-28-9-7-6-8-10-28)39-36(45)37(42)19-23-41(24-20-37)27-29-11-15-31(16-12-29)46-32-17-13-30(14-18-32)34(43)38-21-25-40(2)3/h11-18,28,33H,4-10,19-27H2,1-3H3,(H,38,43)(H,39,45)/t33-/m0/s1. The number of likely N-dealkylation sites (tertiary alicyclic amines) is 1. The van der Waals surface area contributed by atoms with Gasteiger partial charge >= 0.3 is 0 Å². The van der Waals surface area contributed by atoms with Crippen LogP contribution in [0.25, 0.3) is 0 Å². The van der Waals surface area contributed by atoms with Crippen molar-refractivity contribution in [1.82, 2.24) is 25.3 Å². The van der Waals surface area contributed by atoms with Crippen molar-refractivity contribution < 1.29 is 19.1 Å². The van der Waals surface area contributed by atoms with E-state index in [-0.39, 0.29) is 23.8 Å². The number of benzene rings is 2. The molecular weight excluding hydrogens is 578 g/mol. The van der Waals surface area contributed by atoms with E-state index in [1.54, 1.807) is 12.1 Å². The molecule has 2 aliphatic heterocycles. The van der Waals surface area contributed by atoms with Crippen LogP contribution >= 0.6 is 0 Å². The highest BCUT2D eigenvalue weighted by molar-refractivity contribution is 6.00. The number of carbonyl (C=O) groups excluding carboxylic acids is 3. The number of amides is 3. The molecule has 5 rings (SSSR count). The van der Waals surface area contributed by atoms with E-state index in [1.807, 2.05) is 48.2 Å². The Balaban J connectivity index is 1.13. The molecule has 3 amide bonds. The first-order chi connectivity index (χ1) is 22.3. The van der Waals surface area contributed by atoms with Gasteiger partial charge in [-0.2, -0.15) is 0 Å². The van der Waals surface area contributed by atoms with Gasteiger partial charge in [0.2, 0.25) is 11.8 Å². The van der Waals surface area contributed by atoms with E-state index in [1.165, 1.54) is 37.7 Å². The average Bonchev–Trinajstić information content (AvgIpc) is 3.06. The predicted octanol–water partition coefficient (Wildman–Crippen LogP) is 5.20. The van der Waals surface area contributed by atoms with Gasteiger partial charge in [0.15, 0.2) is 0 Å². The van der Waals surface area contributed by atoms with Crippen LogP contribution in [0, 0.1) is 5.92 Å². The number of carbonyl (C=O) groups is 3. The van der Waals surface area contributed by atoms with E-state index in [0.717, 1.165) is 51.2 Å². The number of ether oxygens (including phenoxy) is 1. The number of hydrogen-bond donors (Lipinski definition) is 2. The number of nitrogens with one attached hydrogen (secondary N) is 2. The summed E-state index contributed by atoms with van der Waals surface area (Å²) in [6.07, 6.45) is 10.1. The molecular formula is C37H53N5O4. The van der Waals surface area contributed by atoms with E-state index >= 15 is 0 Å². The van der Waals surface area contributed by atoms with Gasteiger partial charge in [-0.05, 0) is 87.7 Å². The molecule has 3 aliphatic rings. The van der Waals surface area contributed by atoms with Crippen molar-refractivity contribution in [1.29, 1.82) is 0 Å². The smallest absolute Gasteiger partial charge is 0.251 e. The average molecular weight is 632 g/mol. The van der Waals surface area contributed by atoms with E-state index in [2.05, 4.69) is 34.6 Å². The summed E-state index contributed by atoms with van der Waals surface area (Å²) in [5, 5.41) is 6.13. The maximum absolute atomic E-state index is 13.8. The first-order valence-electron chi connectivity index (χ1n) is 17.4. The molecule has 3 fully saturated rings. The molecule has 0 aromatic heterocycles. The van der Waals surface area contributed by atoms with Gasteiger partial charge in [-0.1, -0.05) is 57.6 Å². The van der Waals surface area contributed by atoms with Crippen LogP contribution in [0.5, 0.6) is 11.5 Å². The minimum atomic E-state index is -0.730. The Bertz CT molecular complexity index is 1300. The maximum atomic E-state index is 13.8. The third-order valence-electron chi connectivity index (χ3n) is 10.0. The summed E-state index contributed by atoms with van der Waals surface area (Å²) in [7, 11) is 3.95. The van der Waals surface area contributed by atoms with Crippen LogP contribution < -0.4 is 15.4 Å². The molecule has 0 unspecified atom stereocenters. The van der Waals surface area contributed by atoms with Gasteiger partial charge in [-0.15, -0.1) is 0 Å². The number of piperazine rings is 1. The van der Waals surface area contributed by atoms with Crippen molar-refractivity contribution in [3.05, 3.63) is 59.7 Å². The molecule has 1 spiro atoms. The number of rotatable bonds is 13. The molecule has 2 N–H and O–H groups in total. The minimum Gasteiger partial charge on any atom is -0.457 e. The molecule has 2 saturated heterocycles. The van der Waals surface area contributed by atoms with Gasteiger partial charge in [-0.3, -0.25) is 19.3 Å². The second-order valence-electron chi connectivity index (χ2n) is 13.7. The van der Waals surface area contributed by atoms with Crippen molar-refractivity contribution in [2.75, 3.05) is 46.8 Å².